The Bertz CT molecular complexity index is 1700. The third kappa shape index (κ3) is 6.92. The summed E-state index contributed by atoms with van der Waals surface area (Å²) in [4.78, 5) is 13.7. The molecule has 9 nitrogen and oxygen atoms in total. The second kappa shape index (κ2) is 12.1. The van der Waals surface area contributed by atoms with Gasteiger partial charge < -0.3 is 20.3 Å². The monoisotopic (exact) mass is 639 g/mol. The van der Waals surface area contributed by atoms with Crippen molar-refractivity contribution in [2.75, 3.05) is 55.3 Å². The maximum absolute atomic E-state index is 14.7. The zero-order valence-corrected chi connectivity index (χ0v) is 24.9. The number of ether oxygens (including phenoxy) is 1. The summed E-state index contributed by atoms with van der Waals surface area (Å²) in [5.74, 6) is 5.37. The molecule has 2 fully saturated rings. The third-order valence-electron chi connectivity index (χ3n) is 7.14. The molecule has 2 atom stereocenters. The van der Waals surface area contributed by atoms with E-state index >= 15 is 0 Å². The molecule has 43 heavy (non-hydrogen) atoms. The Kier molecular flexibility index (Phi) is 8.64. The molecule has 3 heterocycles. The lowest BCUT2D eigenvalue weighted by Crippen LogP contribution is -2.46. The molecule has 0 aliphatic carbocycles. The van der Waals surface area contributed by atoms with Crippen LogP contribution in [0, 0.1) is 11.8 Å². The van der Waals surface area contributed by atoms with E-state index in [0.717, 1.165) is 15.6 Å². The number of carbonyl (C=O) groups excluding carboxylic acids is 1. The number of methoxy groups -OCH3 is 1. The molecular formula is C28H29F4N5O4S2. The van der Waals surface area contributed by atoms with Crippen molar-refractivity contribution in [3.8, 4) is 17.6 Å². The maximum Gasteiger partial charge on any atom is 0.393 e. The Hall–Kier alpha value is -3.74. The number of thiophene rings is 1. The first-order valence-corrected chi connectivity index (χ1v) is 15.5. The Labute approximate surface area is 250 Å². The topological polar surface area (TPSA) is 103 Å². The second-order valence-electron chi connectivity index (χ2n) is 10.3. The van der Waals surface area contributed by atoms with E-state index < -0.39 is 40.9 Å². The van der Waals surface area contributed by atoms with Gasteiger partial charge in [0.25, 0.3) is 5.91 Å². The number of carbonyl (C=O) groups is 1. The normalized spacial score (nSPS) is 20.4. The fraction of sp³-hybridized carbons (Fsp3) is 0.393. The summed E-state index contributed by atoms with van der Waals surface area (Å²) in [6.07, 6.45) is -6.15. The van der Waals surface area contributed by atoms with Crippen LogP contribution in [-0.4, -0.2) is 78.0 Å². The average Bonchev–Trinajstić information content (AvgIpc) is 3.42. The molecule has 15 heteroatoms. The molecule has 0 radical (unpaired) electrons. The molecule has 2 aliphatic rings. The molecule has 0 spiro atoms. The minimum Gasteiger partial charge on any atom is -0.495 e. The molecule has 1 amide bonds. The fourth-order valence-corrected chi connectivity index (χ4v) is 7.41. The molecule has 3 N–H and O–H groups in total. The van der Waals surface area contributed by atoms with Crippen LogP contribution in [0.25, 0.3) is 10.1 Å². The highest BCUT2D eigenvalue weighted by molar-refractivity contribution is 7.92. The van der Waals surface area contributed by atoms with Crippen LogP contribution in [0.2, 0.25) is 0 Å². The highest BCUT2D eigenvalue weighted by atomic mass is 32.2. The molecule has 2 aliphatic heterocycles. The fourth-order valence-electron chi connectivity index (χ4n) is 5.10. The van der Waals surface area contributed by atoms with E-state index in [4.69, 9.17) is 4.74 Å². The van der Waals surface area contributed by atoms with Crippen molar-refractivity contribution in [2.24, 2.45) is 0 Å². The standard InChI is InChI=1S/C28H29F4N5O4S2/c1-36-12-10-21(20(29)15-36)34-23-6-3-5-18-19(14-28(30,31)32)25(42-27(18)23)7-4-11-33-22-9-8-17(13-24(22)41-2)37-16-26(38)35-43(37,39)40/h3,5-6,8-9,13,20-21,33-34H,10-12,14-16H2,1-2H3,(H,35,38)/t20-,21+/m0/s1. The van der Waals surface area contributed by atoms with Crippen molar-refractivity contribution in [2.45, 2.75) is 31.2 Å². The van der Waals surface area contributed by atoms with Gasteiger partial charge in [-0.2, -0.15) is 21.6 Å². The number of anilines is 3. The van der Waals surface area contributed by atoms with Crippen LogP contribution < -0.4 is 24.4 Å². The SMILES string of the molecule is COc1cc(N2CC(=O)NS2(=O)=O)ccc1NCC#Cc1sc2c(N[C@@H]3CCN(C)C[C@@H]3F)cccc2c1CC(F)(F)F. The molecule has 3 aromatic rings. The van der Waals surface area contributed by atoms with Gasteiger partial charge >= 0.3 is 16.4 Å². The van der Waals surface area contributed by atoms with Gasteiger partial charge in [0.15, 0.2) is 0 Å². The molecular weight excluding hydrogens is 610 g/mol. The first kappa shape index (κ1) is 30.7. The molecule has 0 unspecified atom stereocenters. The summed E-state index contributed by atoms with van der Waals surface area (Å²) < 4.78 is 88.6. The summed E-state index contributed by atoms with van der Waals surface area (Å²) in [6.45, 7) is 0.677. The molecule has 2 aromatic carbocycles. The van der Waals surface area contributed by atoms with Gasteiger partial charge in [-0.05, 0) is 42.6 Å². The highest BCUT2D eigenvalue weighted by Crippen LogP contribution is 2.39. The van der Waals surface area contributed by atoms with Crippen molar-refractivity contribution in [3.63, 3.8) is 0 Å². The van der Waals surface area contributed by atoms with Gasteiger partial charge in [-0.25, -0.2) is 13.4 Å². The van der Waals surface area contributed by atoms with Gasteiger partial charge in [0.1, 0.15) is 18.5 Å². The van der Waals surface area contributed by atoms with E-state index in [2.05, 4.69) is 22.5 Å². The Morgan fingerprint density at radius 2 is 2.00 bits per heavy atom. The predicted octanol–water partition coefficient (Wildman–Crippen LogP) is 4.11. The number of alkyl halides is 4. The van der Waals surface area contributed by atoms with Crippen LogP contribution in [0.3, 0.4) is 0 Å². The van der Waals surface area contributed by atoms with Crippen molar-refractivity contribution < 1.29 is 35.5 Å². The Balaban J connectivity index is 1.38. The summed E-state index contributed by atoms with van der Waals surface area (Å²) in [5, 5.41) is 6.68. The summed E-state index contributed by atoms with van der Waals surface area (Å²) in [6, 6.07) is 9.08. The van der Waals surface area contributed by atoms with Gasteiger partial charge in [0.2, 0.25) is 0 Å². The smallest absolute Gasteiger partial charge is 0.393 e. The zero-order valence-electron chi connectivity index (χ0n) is 23.2. The number of benzene rings is 2. The summed E-state index contributed by atoms with van der Waals surface area (Å²) >= 11 is 1.13. The third-order valence-corrected chi connectivity index (χ3v) is 9.75. The van der Waals surface area contributed by atoms with Crippen molar-refractivity contribution in [1.82, 2.24) is 9.62 Å². The van der Waals surface area contributed by atoms with Crippen molar-refractivity contribution >= 4 is 54.6 Å². The predicted molar refractivity (Wildman–Crippen MR) is 159 cm³/mol. The number of fused-ring (bicyclic) bond motifs is 1. The number of rotatable bonds is 7. The molecule has 230 valence electrons. The number of amides is 1. The number of halogens is 4. The van der Waals surface area contributed by atoms with E-state index in [1.165, 1.54) is 19.2 Å². The zero-order chi connectivity index (χ0) is 30.9. The largest absolute Gasteiger partial charge is 0.495 e. The number of likely N-dealkylation sites (tertiary alicyclic amines) is 1. The maximum atomic E-state index is 14.7. The first-order chi connectivity index (χ1) is 20.3. The summed E-state index contributed by atoms with van der Waals surface area (Å²) in [5.41, 5.74) is 1.34. The van der Waals surface area contributed by atoms with Gasteiger partial charge in [0.05, 0.1) is 52.8 Å². The first-order valence-electron chi connectivity index (χ1n) is 13.3. The number of nitrogens with zero attached hydrogens (tertiary/aromatic N) is 2. The molecule has 0 bridgehead atoms. The van der Waals surface area contributed by atoms with Gasteiger partial charge in [-0.15, -0.1) is 11.3 Å². The highest BCUT2D eigenvalue weighted by Gasteiger charge is 2.35. The van der Waals surface area contributed by atoms with Gasteiger partial charge in [0, 0.05) is 19.2 Å². The Morgan fingerprint density at radius 3 is 2.67 bits per heavy atom. The lowest BCUT2D eigenvalue weighted by molar-refractivity contribution is -0.127. The van der Waals surface area contributed by atoms with Crippen molar-refractivity contribution in [1.29, 1.82) is 0 Å². The lowest BCUT2D eigenvalue weighted by atomic mass is 10.0. The molecule has 5 rings (SSSR count). The average molecular weight is 640 g/mol. The van der Waals surface area contributed by atoms with E-state index in [9.17, 15) is 30.8 Å². The number of nitrogens with one attached hydrogen (secondary N) is 3. The van der Waals surface area contributed by atoms with Crippen LogP contribution in [0.5, 0.6) is 5.75 Å². The van der Waals surface area contributed by atoms with E-state index in [-0.39, 0.29) is 41.5 Å². The van der Waals surface area contributed by atoms with Crippen LogP contribution in [0.1, 0.15) is 16.9 Å². The number of piperidine rings is 1. The minimum absolute atomic E-state index is 0.0433. The van der Waals surface area contributed by atoms with Crippen LogP contribution in [0.4, 0.5) is 34.6 Å². The second-order valence-corrected chi connectivity index (χ2v) is 12.9. The molecule has 0 saturated carbocycles. The number of hydrogen-bond donors (Lipinski definition) is 3. The summed E-state index contributed by atoms with van der Waals surface area (Å²) in [7, 11) is -0.756. The van der Waals surface area contributed by atoms with Crippen LogP contribution in [-0.2, 0) is 21.4 Å². The molecule has 2 saturated heterocycles. The minimum atomic E-state index is -4.46. The quantitative estimate of drug-likeness (QED) is 0.264. The lowest BCUT2D eigenvalue weighted by Gasteiger charge is -2.33. The van der Waals surface area contributed by atoms with E-state index in [1.807, 2.05) is 16.7 Å². The van der Waals surface area contributed by atoms with Gasteiger partial charge in [-0.1, -0.05) is 24.0 Å². The van der Waals surface area contributed by atoms with Crippen LogP contribution >= 0.6 is 11.3 Å². The molecule has 1 aromatic heterocycles. The van der Waals surface area contributed by atoms with E-state index in [1.54, 1.807) is 24.3 Å². The number of hydrogen-bond acceptors (Lipinski definition) is 8. The van der Waals surface area contributed by atoms with E-state index in [0.29, 0.717) is 34.4 Å². The van der Waals surface area contributed by atoms with Crippen LogP contribution in [0.15, 0.2) is 36.4 Å². The van der Waals surface area contributed by atoms with Crippen molar-refractivity contribution in [3.05, 3.63) is 46.8 Å². The Morgan fingerprint density at radius 1 is 1.21 bits per heavy atom. The van der Waals surface area contributed by atoms with Gasteiger partial charge in [-0.3, -0.25) is 4.79 Å².